The minimum Gasteiger partial charge on any atom is -0.199 e. The van der Waals surface area contributed by atoms with Crippen LogP contribution in [0.1, 0.15) is 26.2 Å². The first-order chi connectivity index (χ1) is 4.88. The third-order valence-electron chi connectivity index (χ3n) is 2.36. The van der Waals surface area contributed by atoms with Crippen molar-refractivity contribution in [2.75, 3.05) is 7.11 Å². The van der Waals surface area contributed by atoms with Gasteiger partial charge in [0, 0.05) is 0 Å². The summed E-state index contributed by atoms with van der Waals surface area (Å²) < 4.78 is 5.01. The van der Waals surface area contributed by atoms with Crippen LogP contribution in [-0.2, 0) is 4.74 Å². The van der Waals surface area contributed by atoms with E-state index in [9.17, 15) is 0 Å². The molecule has 0 aromatic carbocycles. The zero-order valence-corrected chi connectivity index (χ0v) is 6.84. The Hall–Kier alpha value is -0.300. The summed E-state index contributed by atoms with van der Waals surface area (Å²) in [6.07, 6.45) is 6.32. The number of rotatable bonds is 3. The molecule has 2 unspecified atom stereocenters. The molecule has 1 fully saturated rings. The van der Waals surface area contributed by atoms with Gasteiger partial charge < -0.3 is 0 Å². The summed E-state index contributed by atoms with van der Waals surface area (Å²) >= 11 is 0. The van der Waals surface area contributed by atoms with Crippen LogP contribution in [0, 0.1) is 24.9 Å². The lowest BCUT2D eigenvalue weighted by molar-refractivity contribution is 0.213. The van der Waals surface area contributed by atoms with E-state index in [4.69, 9.17) is 4.74 Å². The first-order valence-corrected chi connectivity index (χ1v) is 4.04. The molecule has 0 bridgehead atoms. The van der Waals surface area contributed by atoms with Crippen molar-refractivity contribution in [1.29, 1.82) is 0 Å². The van der Waals surface area contributed by atoms with Crippen molar-refractivity contribution in [2.45, 2.75) is 26.2 Å². The van der Waals surface area contributed by atoms with Crippen LogP contribution in [0.5, 0.6) is 0 Å². The fourth-order valence-corrected chi connectivity index (χ4v) is 1.78. The minimum absolute atomic E-state index is 0.690. The average Bonchev–Trinajstić information content (AvgIpc) is 2.36. The second-order valence-corrected chi connectivity index (χ2v) is 2.96. The highest BCUT2D eigenvalue weighted by Crippen LogP contribution is 2.34. The van der Waals surface area contributed by atoms with Gasteiger partial charge in [0.05, 0.1) is 20.5 Å². The maximum absolute atomic E-state index is 5.01. The monoisotopic (exact) mass is 140 g/mol. The van der Waals surface area contributed by atoms with Gasteiger partial charge in [0.2, 0.25) is 6.61 Å². The smallest absolute Gasteiger partial charge is 0.199 e. The Morgan fingerprint density at radius 2 is 2.00 bits per heavy atom. The topological polar surface area (TPSA) is 9.23 Å². The lowest BCUT2D eigenvalue weighted by Crippen LogP contribution is -2.08. The molecule has 0 radical (unpaired) electrons. The van der Waals surface area contributed by atoms with Crippen molar-refractivity contribution in [2.24, 2.45) is 11.8 Å². The van der Waals surface area contributed by atoms with E-state index in [0.717, 1.165) is 5.92 Å². The van der Waals surface area contributed by atoms with Crippen LogP contribution in [0.2, 0.25) is 0 Å². The molecule has 1 aliphatic carbocycles. The van der Waals surface area contributed by atoms with E-state index in [0.29, 0.717) is 5.92 Å². The van der Waals surface area contributed by atoms with Crippen molar-refractivity contribution in [3.8, 4) is 0 Å². The number of hydrogen-bond acceptors (Lipinski definition) is 1. The molecule has 2 atom stereocenters. The normalized spacial score (nSPS) is 32.2. The van der Waals surface area contributed by atoms with Gasteiger partial charge in [0.25, 0.3) is 0 Å². The molecule has 0 aromatic heterocycles. The van der Waals surface area contributed by atoms with Crippen LogP contribution in [0.15, 0.2) is 0 Å². The molecule has 1 rings (SSSR count). The first-order valence-electron chi connectivity index (χ1n) is 4.04. The molecule has 0 heterocycles. The Bertz CT molecular complexity index is 90.7. The highest BCUT2D eigenvalue weighted by molar-refractivity contribution is 4.88. The van der Waals surface area contributed by atoms with Crippen LogP contribution >= 0.6 is 0 Å². The zero-order chi connectivity index (χ0) is 7.40. The van der Waals surface area contributed by atoms with Gasteiger partial charge in [-0.3, -0.25) is 0 Å². The molecule has 1 saturated carbocycles. The summed E-state index contributed by atoms with van der Waals surface area (Å²) in [5.74, 6) is 1.47. The Morgan fingerprint density at radius 3 is 2.60 bits per heavy atom. The van der Waals surface area contributed by atoms with Crippen LogP contribution in [0.25, 0.3) is 0 Å². The molecule has 56 valence electrons. The summed E-state index contributed by atoms with van der Waals surface area (Å²) in [5, 5.41) is 0. The van der Waals surface area contributed by atoms with Crippen molar-refractivity contribution >= 4 is 0 Å². The van der Waals surface area contributed by atoms with Gasteiger partial charge in [0.15, 0.2) is 5.92 Å². The molecule has 1 nitrogen and oxygen atoms in total. The van der Waals surface area contributed by atoms with Gasteiger partial charge in [-0.2, -0.15) is 4.74 Å². The maximum Gasteiger partial charge on any atom is 0.234 e. The summed E-state index contributed by atoms with van der Waals surface area (Å²) in [7, 11) is 1.74. The summed E-state index contributed by atoms with van der Waals surface area (Å²) in [6, 6.07) is 0. The van der Waals surface area contributed by atoms with E-state index >= 15 is 0 Å². The Morgan fingerprint density at radius 1 is 1.30 bits per heavy atom. The van der Waals surface area contributed by atoms with Crippen molar-refractivity contribution in [3.63, 3.8) is 0 Å². The molecule has 0 aromatic rings. The molecule has 0 spiro atoms. The lowest BCUT2D eigenvalue weighted by Gasteiger charge is -2.00. The number of methoxy groups -OCH3 is 1. The summed E-state index contributed by atoms with van der Waals surface area (Å²) in [4.78, 5) is 0. The van der Waals surface area contributed by atoms with Crippen LogP contribution < -0.4 is 0 Å². The second-order valence-electron chi connectivity index (χ2n) is 2.96. The molecule has 1 heteroatoms. The van der Waals surface area contributed by atoms with E-state index in [1.54, 1.807) is 7.11 Å². The van der Waals surface area contributed by atoms with E-state index in [1.165, 1.54) is 19.3 Å². The standard InChI is InChI=1S/C9H16O/c1-3-8-5-4-6-9(8)7-10-2/h3,7-9H,4-6H2,1-2H3/q+2. The fraction of sp³-hybridized carbons (Fsp3) is 0.778. The third-order valence-corrected chi connectivity index (χ3v) is 2.36. The Balaban J connectivity index is 2.27. The first kappa shape index (κ1) is 7.80. The van der Waals surface area contributed by atoms with Gasteiger partial charge in [0.1, 0.15) is 5.92 Å². The largest absolute Gasteiger partial charge is 0.234 e. The highest BCUT2D eigenvalue weighted by atomic mass is 16.5. The average molecular weight is 140 g/mol. The van der Waals surface area contributed by atoms with Gasteiger partial charge >= 0.3 is 0 Å². The summed E-state index contributed by atoms with van der Waals surface area (Å²) in [5.41, 5.74) is 0. The minimum atomic E-state index is 0.690. The van der Waals surface area contributed by atoms with E-state index in [2.05, 4.69) is 13.3 Å². The van der Waals surface area contributed by atoms with E-state index in [1.807, 2.05) is 6.61 Å². The Labute approximate surface area is 63.8 Å². The van der Waals surface area contributed by atoms with E-state index in [-0.39, 0.29) is 0 Å². The third kappa shape index (κ3) is 1.60. The van der Waals surface area contributed by atoms with Gasteiger partial charge in [-0.1, -0.05) is 0 Å². The van der Waals surface area contributed by atoms with Gasteiger partial charge in [-0.25, -0.2) is 0 Å². The second kappa shape index (κ2) is 3.77. The van der Waals surface area contributed by atoms with Gasteiger partial charge in [-0.15, -0.1) is 0 Å². The molecule has 1 aliphatic rings. The fourth-order valence-electron chi connectivity index (χ4n) is 1.78. The van der Waals surface area contributed by atoms with Crippen molar-refractivity contribution < 1.29 is 4.74 Å². The molecule has 10 heavy (non-hydrogen) atoms. The molecule has 0 amide bonds. The highest BCUT2D eigenvalue weighted by Gasteiger charge is 2.38. The molecule has 0 aliphatic heterocycles. The molecule has 0 N–H and O–H groups in total. The molecular weight excluding hydrogens is 124 g/mol. The number of ether oxygens (including phenoxy) is 1. The number of hydrogen-bond donors (Lipinski definition) is 0. The summed E-state index contributed by atoms with van der Waals surface area (Å²) in [6.45, 7) is 4.13. The molecular formula is C9H16O+2. The Kier molecular flexibility index (Phi) is 2.94. The predicted octanol–water partition coefficient (Wildman–Crippen LogP) is 2.44. The quantitative estimate of drug-likeness (QED) is 0.547. The van der Waals surface area contributed by atoms with Crippen molar-refractivity contribution in [1.82, 2.24) is 0 Å². The lowest BCUT2D eigenvalue weighted by atomic mass is 9.95. The predicted molar refractivity (Wildman–Crippen MR) is 42.1 cm³/mol. The van der Waals surface area contributed by atoms with Crippen molar-refractivity contribution in [3.05, 3.63) is 13.0 Å². The van der Waals surface area contributed by atoms with Gasteiger partial charge in [-0.05, 0) is 19.3 Å². The maximum atomic E-state index is 5.01. The zero-order valence-electron chi connectivity index (χ0n) is 6.84. The van der Waals surface area contributed by atoms with E-state index < -0.39 is 0 Å². The van der Waals surface area contributed by atoms with Crippen LogP contribution in [0.4, 0.5) is 0 Å². The SMILES string of the molecule is C[CH+]C1CCCC1[CH+]OC. The molecule has 0 saturated heterocycles. The van der Waals surface area contributed by atoms with Crippen LogP contribution in [0.3, 0.4) is 0 Å². The van der Waals surface area contributed by atoms with Crippen LogP contribution in [-0.4, -0.2) is 7.11 Å².